The molecule has 2 saturated heterocycles. The van der Waals surface area contributed by atoms with Crippen LogP contribution >= 0.6 is 0 Å². The smallest absolute Gasteiger partial charge is 0.309 e. The summed E-state index contributed by atoms with van der Waals surface area (Å²) in [7, 11) is 2.77. The molecule has 2 amide bonds. The van der Waals surface area contributed by atoms with Crippen LogP contribution in [0.15, 0.2) is 12.1 Å². The monoisotopic (exact) mass is 382 g/mol. The van der Waals surface area contributed by atoms with Crippen LogP contribution in [0.3, 0.4) is 0 Å². The van der Waals surface area contributed by atoms with Gasteiger partial charge in [-0.1, -0.05) is 0 Å². The molecule has 2 aliphatic rings. The highest BCUT2D eigenvalue weighted by Crippen LogP contribution is 2.43. The highest BCUT2D eigenvalue weighted by atomic mass is 19.2. The number of rotatable bonds is 3. The number of carbonyl (C=O) groups is 3. The molecule has 1 aromatic rings. The van der Waals surface area contributed by atoms with E-state index in [2.05, 4.69) is 0 Å². The molecule has 1 spiro atoms. The van der Waals surface area contributed by atoms with Crippen molar-refractivity contribution in [1.29, 1.82) is 0 Å². The predicted octanol–water partition coefficient (Wildman–Crippen LogP) is 1.51. The van der Waals surface area contributed by atoms with Crippen LogP contribution in [-0.4, -0.2) is 65.5 Å². The average Bonchev–Trinajstić information content (AvgIpc) is 2.89. The van der Waals surface area contributed by atoms with Gasteiger partial charge in [0.2, 0.25) is 11.7 Å². The van der Waals surface area contributed by atoms with Crippen LogP contribution in [0.2, 0.25) is 0 Å². The van der Waals surface area contributed by atoms with Crippen molar-refractivity contribution in [3.8, 4) is 5.75 Å². The summed E-state index contributed by atoms with van der Waals surface area (Å²) in [6.07, 6.45) is 0.453. The number of methoxy groups -OCH3 is 1. The Hall–Kier alpha value is -2.71. The third-order valence-electron chi connectivity index (χ3n) is 5.78. The number of hydrogen-bond acceptors (Lipinski definition) is 4. The van der Waals surface area contributed by atoms with Gasteiger partial charge in [-0.25, -0.2) is 4.39 Å². The minimum Gasteiger partial charge on any atom is -0.494 e. The highest BCUT2D eigenvalue weighted by Gasteiger charge is 2.55. The summed E-state index contributed by atoms with van der Waals surface area (Å²) >= 11 is 0. The van der Waals surface area contributed by atoms with E-state index in [0.717, 1.165) is 6.07 Å². The highest BCUT2D eigenvalue weighted by molar-refractivity contribution is 5.95. The van der Waals surface area contributed by atoms with Crippen molar-refractivity contribution in [2.45, 2.75) is 24.8 Å². The molecule has 0 saturated carbocycles. The second-order valence-electron chi connectivity index (χ2n) is 6.89. The van der Waals surface area contributed by atoms with Gasteiger partial charge in [-0.2, -0.15) is 4.39 Å². The van der Waals surface area contributed by atoms with Gasteiger partial charge in [0.25, 0.3) is 5.91 Å². The van der Waals surface area contributed by atoms with Gasteiger partial charge >= 0.3 is 5.97 Å². The van der Waals surface area contributed by atoms with Crippen molar-refractivity contribution in [2.75, 3.05) is 27.2 Å². The standard InChI is InChI=1S/C18H20F2N2O5/c1-21-13(23)9-11(17(25)26)18(21)5-7-22(8-6-18)16(24)10-3-4-12(27-2)15(20)14(10)19/h3-4,11H,5-9H2,1-2H3,(H,25,26). The van der Waals surface area contributed by atoms with Crippen LogP contribution in [0.25, 0.3) is 0 Å². The molecule has 0 bridgehead atoms. The molecule has 9 heteroatoms. The Morgan fingerprint density at radius 3 is 2.41 bits per heavy atom. The lowest BCUT2D eigenvalue weighted by Crippen LogP contribution is -2.57. The van der Waals surface area contributed by atoms with E-state index in [-0.39, 0.29) is 44.0 Å². The summed E-state index contributed by atoms with van der Waals surface area (Å²) in [4.78, 5) is 39.0. The number of benzene rings is 1. The van der Waals surface area contributed by atoms with Crippen molar-refractivity contribution in [1.82, 2.24) is 9.80 Å². The van der Waals surface area contributed by atoms with Gasteiger partial charge in [0, 0.05) is 26.6 Å². The third kappa shape index (κ3) is 2.90. The normalized spacial score (nSPS) is 21.6. The Bertz CT molecular complexity index is 805. The largest absolute Gasteiger partial charge is 0.494 e. The number of likely N-dealkylation sites (tertiary alicyclic amines) is 2. The molecule has 2 fully saturated rings. The zero-order chi connectivity index (χ0) is 19.9. The summed E-state index contributed by atoms with van der Waals surface area (Å²) in [6, 6.07) is 2.34. The molecule has 7 nitrogen and oxygen atoms in total. The van der Waals surface area contributed by atoms with Crippen molar-refractivity contribution < 1.29 is 33.0 Å². The first kappa shape index (κ1) is 19.1. The number of carbonyl (C=O) groups excluding carboxylic acids is 2. The minimum absolute atomic E-state index is 0.0713. The number of amides is 2. The Morgan fingerprint density at radius 2 is 1.85 bits per heavy atom. The van der Waals surface area contributed by atoms with Crippen LogP contribution in [-0.2, 0) is 9.59 Å². The molecule has 1 aromatic carbocycles. The molecule has 2 aliphatic heterocycles. The lowest BCUT2D eigenvalue weighted by atomic mass is 9.77. The maximum atomic E-state index is 14.2. The lowest BCUT2D eigenvalue weighted by molar-refractivity contribution is -0.145. The van der Waals surface area contributed by atoms with Crippen molar-refractivity contribution in [3.63, 3.8) is 0 Å². The topological polar surface area (TPSA) is 87.1 Å². The van der Waals surface area contributed by atoms with Crippen LogP contribution in [0.1, 0.15) is 29.6 Å². The fraction of sp³-hybridized carbons (Fsp3) is 0.500. The van der Waals surface area contributed by atoms with Gasteiger partial charge in [0.15, 0.2) is 11.6 Å². The van der Waals surface area contributed by atoms with Gasteiger partial charge in [0.1, 0.15) is 0 Å². The maximum absolute atomic E-state index is 14.2. The SMILES string of the molecule is COc1ccc(C(=O)N2CCC3(CC2)C(C(=O)O)CC(=O)N3C)c(F)c1F. The Morgan fingerprint density at radius 1 is 1.22 bits per heavy atom. The van der Waals surface area contributed by atoms with Crippen molar-refractivity contribution in [2.24, 2.45) is 5.92 Å². The van der Waals surface area contributed by atoms with Crippen molar-refractivity contribution in [3.05, 3.63) is 29.3 Å². The van der Waals surface area contributed by atoms with Gasteiger partial charge in [0.05, 0.1) is 24.1 Å². The molecular weight excluding hydrogens is 362 g/mol. The number of aliphatic carboxylic acids is 1. The van der Waals surface area contributed by atoms with Gasteiger partial charge in [-0.3, -0.25) is 14.4 Å². The van der Waals surface area contributed by atoms with E-state index in [4.69, 9.17) is 4.74 Å². The van der Waals surface area contributed by atoms with E-state index in [1.165, 1.54) is 23.0 Å². The van der Waals surface area contributed by atoms with E-state index in [1.807, 2.05) is 0 Å². The third-order valence-corrected chi connectivity index (χ3v) is 5.78. The summed E-state index contributed by atoms with van der Waals surface area (Å²) in [5.74, 6) is -5.62. The van der Waals surface area contributed by atoms with Gasteiger partial charge < -0.3 is 19.6 Å². The molecule has 2 heterocycles. The van der Waals surface area contributed by atoms with Crippen molar-refractivity contribution >= 4 is 17.8 Å². The number of piperidine rings is 1. The Labute approximate surface area is 154 Å². The quantitative estimate of drug-likeness (QED) is 0.856. The van der Waals surface area contributed by atoms with Crippen LogP contribution in [0, 0.1) is 17.6 Å². The van der Waals surface area contributed by atoms with E-state index in [9.17, 15) is 28.3 Å². The van der Waals surface area contributed by atoms with E-state index < -0.39 is 40.5 Å². The number of halogens is 2. The second-order valence-corrected chi connectivity index (χ2v) is 6.89. The number of nitrogens with zero attached hydrogens (tertiary/aromatic N) is 2. The Balaban J connectivity index is 1.80. The van der Waals surface area contributed by atoms with E-state index in [0.29, 0.717) is 0 Å². The molecule has 0 aromatic heterocycles. The number of hydrogen-bond donors (Lipinski definition) is 1. The molecule has 0 radical (unpaired) electrons. The van der Waals surface area contributed by atoms with Crippen LogP contribution in [0.4, 0.5) is 8.78 Å². The van der Waals surface area contributed by atoms with Gasteiger partial charge in [-0.05, 0) is 25.0 Å². The predicted molar refractivity (Wildman–Crippen MR) is 89.3 cm³/mol. The first-order valence-corrected chi connectivity index (χ1v) is 8.53. The summed E-state index contributed by atoms with van der Waals surface area (Å²) in [6.45, 7) is 0.292. The maximum Gasteiger partial charge on any atom is 0.309 e. The summed E-state index contributed by atoms with van der Waals surface area (Å²) in [5.41, 5.74) is -1.27. The molecular formula is C18H20F2N2O5. The molecule has 0 aliphatic carbocycles. The van der Waals surface area contributed by atoms with Gasteiger partial charge in [-0.15, -0.1) is 0 Å². The van der Waals surface area contributed by atoms with E-state index >= 15 is 0 Å². The average molecular weight is 382 g/mol. The molecule has 27 heavy (non-hydrogen) atoms. The fourth-order valence-electron chi connectivity index (χ4n) is 4.11. The molecule has 1 atom stereocenters. The second kappa shape index (κ2) is 6.79. The molecule has 146 valence electrons. The zero-order valence-corrected chi connectivity index (χ0v) is 15.0. The molecule has 1 N–H and O–H groups in total. The van der Waals surface area contributed by atoms with Crippen LogP contribution in [0.5, 0.6) is 5.75 Å². The zero-order valence-electron chi connectivity index (χ0n) is 15.0. The number of carboxylic acid groups (broad SMARTS) is 1. The number of carboxylic acids is 1. The lowest BCUT2D eigenvalue weighted by Gasteiger charge is -2.45. The minimum atomic E-state index is -1.28. The first-order chi connectivity index (χ1) is 12.7. The molecule has 1 unspecified atom stereocenters. The molecule has 3 rings (SSSR count). The number of ether oxygens (including phenoxy) is 1. The Kier molecular flexibility index (Phi) is 4.79. The first-order valence-electron chi connectivity index (χ1n) is 8.53. The van der Waals surface area contributed by atoms with E-state index in [1.54, 1.807) is 7.05 Å². The summed E-state index contributed by atoms with van der Waals surface area (Å²) < 4.78 is 32.8. The fourth-order valence-corrected chi connectivity index (χ4v) is 4.11. The summed E-state index contributed by atoms with van der Waals surface area (Å²) in [5, 5.41) is 9.47. The van der Waals surface area contributed by atoms with Crippen LogP contribution < -0.4 is 4.74 Å².